The molecule has 0 saturated heterocycles. The first kappa shape index (κ1) is 31.9. The minimum absolute atomic E-state index is 0. The number of benzene rings is 5. The molecule has 3 aromatic heterocycles. The topological polar surface area (TPSA) is 25.8 Å². The number of aromatic nitrogens is 2. The zero-order valence-corrected chi connectivity index (χ0v) is 32.6. The van der Waals surface area contributed by atoms with E-state index in [1.165, 1.54) is 42.4 Å². The van der Waals surface area contributed by atoms with E-state index in [4.69, 9.17) is 2.74 Å². The van der Waals surface area contributed by atoms with Crippen LogP contribution in [0.2, 0.25) is 19.6 Å². The van der Waals surface area contributed by atoms with Crippen LogP contribution in [0.15, 0.2) is 109 Å². The average molecular weight is 867 g/mol. The Kier molecular flexibility index (Phi) is 8.88. The summed E-state index contributed by atoms with van der Waals surface area (Å²) >= 11 is 1.70. The van der Waals surface area contributed by atoms with Crippen LogP contribution in [0.3, 0.4) is 0 Å². The summed E-state index contributed by atoms with van der Waals surface area (Å²) in [5.74, 6) is -0.706. The third-order valence-electron chi connectivity index (χ3n) is 9.26. The molecule has 9 rings (SSSR count). The molecule has 0 spiro atoms. The molecule has 0 N–H and O–H groups in total. The van der Waals surface area contributed by atoms with Gasteiger partial charge in [0, 0.05) is 39.1 Å². The van der Waals surface area contributed by atoms with Crippen LogP contribution in [0.5, 0.6) is 0 Å². The summed E-state index contributed by atoms with van der Waals surface area (Å²) in [5, 5.41) is 8.60. The maximum absolute atomic E-state index is 14.7. The molecular formula is C44H37FIrN2SSi-2. The molecule has 5 aromatic carbocycles. The van der Waals surface area contributed by atoms with Gasteiger partial charge in [-0.3, -0.25) is 0 Å². The first-order valence-corrected chi connectivity index (χ1v) is 21.1. The van der Waals surface area contributed by atoms with Crippen molar-refractivity contribution in [3.05, 3.63) is 139 Å². The molecule has 0 aliphatic heterocycles. The smallest absolute Gasteiger partial charge is 0.142 e. The van der Waals surface area contributed by atoms with Gasteiger partial charge in [0.1, 0.15) is 5.82 Å². The second-order valence-electron chi connectivity index (χ2n) is 13.9. The van der Waals surface area contributed by atoms with Crippen molar-refractivity contribution < 1.29 is 27.2 Å². The van der Waals surface area contributed by atoms with Crippen molar-refractivity contribution >= 4 is 66.3 Å². The van der Waals surface area contributed by atoms with Crippen molar-refractivity contribution in [3.63, 3.8) is 0 Å². The fourth-order valence-corrected chi connectivity index (χ4v) is 9.73. The largest absolute Gasteiger partial charge is 0.305 e. The molecule has 1 fully saturated rings. The molecule has 3 heterocycles. The Labute approximate surface area is 314 Å². The van der Waals surface area contributed by atoms with Gasteiger partial charge in [-0.15, -0.1) is 59.7 Å². The summed E-state index contributed by atoms with van der Waals surface area (Å²) in [6.45, 7) is 9.24. The van der Waals surface area contributed by atoms with E-state index in [1.807, 2.05) is 24.3 Å². The minimum atomic E-state index is -1.69. The van der Waals surface area contributed by atoms with Gasteiger partial charge in [-0.1, -0.05) is 91.3 Å². The van der Waals surface area contributed by atoms with Crippen molar-refractivity contribution in [2.45, 2.75) is 45.8 Å². The number of pyridine rings is 2. The van der Waals surface area contributed by atoms with Crippen LogP contribution in [-0.4, -0.2) is 18.0 Å². The van der Waals surface area contributed by atoms with Crippen LogP contribution in [0.1, 0.15) is 26.7 Å². The summed E-state index contributed by atoms with van der Waals surface area (Å²) in [6.07, 6.45) is 3.11. The minimum Gasteiger partial charge on any atom is -0.305 e. The Morgan fingerprint density at radius 2 is 1.54 bits per heavy atom. The first-order chi connectivity index (χ1) is 24.5. The van der Waals surface area contributed by atoms with Crippen LogP contribution in [0.25, 0.3) is 64.2 Å². The zero-order chi connectivity index (χ0) is 35.5. The van der Waals surface area contributed by atoms with E-state index < -0.39 is 20.3 Å². The molecule has 8 aromatic rings. The standard InChI is InChI=1S/C29H19FNS.C15H18NSi.Ir/c30-25-16-31-26(15-20(25)14-17-8-9-17)24-7-3-6-22-23-13-12-19-11-10-18-4-1-2-5-21(18)27(19)29(23)32-28(22)24;1-12-10-14(13-8-6-5-7-9-13)16-11-15(12)17(2,3)4;/h1-6,10-13,15-17H,8-9,14H2;5-8,10-11H,1-4H3;/q2*-1;/i14D2;;. The van der Waals surface area contributed by atoms with E-state index in [1.54, 1.807) is 17.4 Å². The zero-order valence-electron chi connectivity index (χ0n) is 30.4. The van der Waals surface area contributed by atoms with Crippen molar-refractivity contribution in [1.82, 2.24) is 9.97 Å². The van der Waals surface area contributed by atoms with Gasteiger partial charge < -0.3 is 9.97 Å². The maximum Gasteiger partial charge on any atom is 0.142 e. The van der Waals surface area contributed by atoms with Gasteiger partial charge in [-0.2, -0.15) is 11.3 Å². The van der Waals surface area contributed by atoms with Crippen LogP contribution >= 0.6 is 11.3 Å². The number of rotatable bonds is 5. The third kappa shape index (κ3) is 6.70. The van der Waals surface area contributed by atoms with E-state index in [0.717, 1.165) is 45.9 Å². The second-order valence-corrected chi connectivity index (χ2v) is 20.0. The summed E-state index contributed by atoms with van der Waals surface area (Å²) < 4.78 is 33.9. The summed E-state index contributed by atoms with van der Waals surface area (Å²) in [6, 6.07) is 39.4. The monoisotopic (exact) mass is 867 g/mol. The fourth-order valence-electron chi connectivity index (χ4n) is 6.65. The summed E-state index contributed by atoms with van der Waals surface area (Å²) in [4.78, 5) is 8.95. The third-order valence-corrected chi connectivity index (χ3v) is 12.7. The molecule has 6 heteroatoms. The Morgan fingerprint density at radius 3 is 2.30 bits per heavy atom. The number of hydrogen-bond donors (Lipinski definition) is 0. The fraction of sp³-hybridized carbons (Fsp3) is 0.182. The Hall–Kier alpha value is -4.06. The molecule has 1 aliphatic carbocycles. The maximum atomic E-state index is 14.7. The first-order valence-electron chi connectivity index (χ1n) is 17.8. The number of thiophene rings is 1. The predicted molar refractivity (Wildman–Crippen MR) is 209 cm³/mol. The number of halogens is 1. The van der Waals surface area contributed by atoms with Gasteiger partial charge in [0.2, 0.25) is 0 Å². The number of aryl methyl sites for hydroxylation is 1. The summed E-state index contributed by atoms with van der Waals surface area (Å²) in [5.41, 5.74) is 4.89. The number of nitrogens with zero attached hydrogens (tertiary/aromatic N) is 2. The molecule has 0 unspecified atom stereocenters. The molecule has 0 bridgehead atoms. The molecule has 251 valence electrons. The molecular weight excluding hydrogens is 828 g/mol. The SMILES string of the molecule is Cc1cc(-c2[c-]cccc2)ncc1[Si](C)(C)C.[2H]C([2H])(c1cc(-c2[c-]ccc3c2sc2c3ccc3ccc4ccccc4c32)ncc1F)C1CC1.[Ir]. The molecule has 1 aliphatic rings. The molecule has 1 saturated carbocycles. The number of fused-ring (bicyclic) bond motifs is 7. The van der Waals surface area contributed by atoms with Crippen molar-refractivity contribution in [3.8, 4) is 22.5 Å². The molecule has 1 radical (unpaired) electrons. The van der Waals surface area contributed by atoms with Crippen molar-refractivity contribution in [2.75, 3.05) is 0 Å². The van der Waals surface area contributed by atoms with Gasteiger partial charge in [0.25, 0.3) is 0 Å². The molecule has 50 heavy (non-hydrogen) atoms. The predicted octanol–water partition coefficient (Wildman–Crippen LogP) is 11.7. The molecule has 0 atom stereocenters. The van der Waals surface area contributed by atoms with Gasteiger partial charge in [-0.25, -0.2) is 4.39 Å². The van der Waals surface area contributed by atoms with Gasteiger partial charge in [0.15, 0.2) is 0 Å². The van der Waals surface area contributed by atoms with Crippen molar-refractivity contribution in [1.29, 1.82) is 0 Å². The van der Waals surface area contributed by atoms with Crippen LogP contribution in [0.4, 0.5) is 4.39 Å². The summed E-state index contributed by atoms with van der Waals surface area (Å²) in [7, 11) is -1.27. The Balaban J connectivity index is 0.000000198. The van der Waals surface area contributed by atoms with Gasteiger partial charge in [0.05, 0.1) is 14.3 Å². The van der Waals surface area contributed by atoms with E-state index in [-0.39, 0.29) is 31.6 Å². The van der Waals surface area contributed by atoms with Crippen LogP contribution in [0, 0.1) is 30.8 Å². The second kappa shape index (κ2) is 13.9. The Bertz CT molecular complexity index is 2600. The van der Waals surface area contributed by atoms with Gasteiger partial charge in [-0.05, 0) is 80.4 Å². The number of hydrogen-bond acceptors (Lipinski definition) is 3. The van der Waals surface area contributed by atoms with E-state index in [9.17, 15) is 4.39 Å². The van der Waals surface area contributed by atoms with Gasteiger partial charge >= 0.3 is 0 Å². The van der Waals surface area contributed by atoms with E-state index >= 15 is 0 Å². The van der Waals surface area contributed by atoms with E-state index in [2.05, 4.69) is 122 Å². The Morgan fingerprint density at radius 1 is 0.800 bits per heavy atom. The quantitative estimate of drug-likeness (QED) is 0.0978. The molecule has 0 amide bonds. The molecule has 2 nitrogen and oxygen atoms in total. The van der Waals surface area contributed by atoms with Crippen LogP contribution in [-0.2, 0) is 26.5 Å². The average Bonchev–Trinajstić information content (AvgIpc) is 3.93. The van der Waals surface area contributed by atoms with E-state index in [0.29, 0.717) is 5.69 Å². The normalized spacial score (nSPS) is 13.9. The van der Waals surface area contributed by atoms with Crippen LogP contribution < -0.4 is 5.19 Å². The van der Waals surface area contributed by atoms with Crippen molar-refractivity contribution in [2.24, 2.45) is 5.92 Å².